The van der Waals surface area contributed by atoms with Crippen LogP contribution >= 0.6 is 0 Å². The number of hydrogen-bond acceptors (Lipinski definition) is 3. The molecule has 0 radical (unpaired) electrons. The van der Waals surface area contributed by atoms with Gasteiger partial charge in [-0.15, -0.1) is 0 Å². The minimum Gasteiger partial charge on any atom is -0.497 e. The van der Waals surface area contributed by atoms with Gasteiger partial charge in [-0.1, -0.05) is 0 Å². The first-order valence-electron chi connectivity index (χ1n) is 6.51. The zero-order valence-corrected chi connectivity index (χ0v) is 11.9. The van der Waals surface area contributed by atoms with Crippen molar-refractivity contribution < 1.29 is 9.84 Å². The van der Waals surface area contributed by atoms with Gasteiger partial charge in [0.15, 0.2) is 0 Å². The third-order valence-electron chi connectivity index (χ3n) is 3.77. The number of nitrogens with zero attached hydrogens (tertiary/aromatic N) is 1. The fourth-order valence-electron chi connectivity index (χ4n) is 2.69. The van der Waals surface area contributed by atoms with Crippen molar-refractivity contribution in [1.29, 1.82) is 0 Å². The molecular formula is C15H23NO2. The second-order valence-corrected chi connectivity index (χ2v) is 5.88. The molecule has 0 aliphatic carbocycles. The van der Waals surface area contributed by atoms with E-state index in [2.05, 4.69) is 30.9 Å². The molecule has 1 unspecified atom stereocenters. The van der Waals surface area contributed by atoms with Crippen molar-refractivity contribution in [3.05, 3.63) is 23.8 Å². The Hall–Kier alpha value is -1.22. The molecule has 0 bridgehead atoms. The molecular weight excluding hydrogens is 226 g/mol. The smallest absolute Gasteiger partial charge is 0.119 e. The summed E-state index contributed by atoms with van der Waals surface area (Å²) in [5, 5.41) is 10.4. The van der Waals surface area contributed by atoms with E-state index >= 15 is 0 Å². The summed E-state index contributed by atoms with van der Waals surface area (Å²) in [7, 11) is 1.68. The summed E-state index contributed by atoms with van der Waals surface area (Å²) in [6, 6.07) is 6.57. The second kappa shape index (κ2) is 4.47. The lowest BCUT2D eigenvalue weighted by Crippen LogP contribution is -2.36. The lowest BCUT2D eigenvalue weighted by atomic mass is 9.86. The molecule has 0 spiro atoms. The molecule has 1 aliphatic heterocycles. The summed E-state index contributed by atoms with van der Waals surface area (Å²) >= 11 is 0. The Bertz CT molecular complexity index is 435. The van der Waals surface area contributed by atoms with Crippen LogP contribution in [0.4, 0.5) is 5.69 Å². The monoisotopic (exact) mass is 249 g/mol. The molecule has 1 heterocycles. The number of aliphatic hydroxyl groups is 1. The molecule has 2 rings (SSSR count). The van der Waals surface area contributed by atoms with E-state index in [-0.39, 0.29) is 5.92 Å². The van der Waals surface area contributed by atoms with Crippen LogP contribution in [0.25, 0.3) is 0 Å². The minimum atomic E-state index is -0.718. The van der Waals surface area contributed by atoms with Gasteiger partial charge in [-0.2, -0.15) is 0 Å². The first kappa shape index (κ1) is 13.2. The van der Waals surface area contributed by atoms with Gasteiger partial charge in [0.25, 0.3) is 0 Å². The molecule has 1 aliphatic rings. The highest BCUT2D eigenvalue weighted by atomic mass is 16.5. The van der Waals surface area contributed by atoms with Gasteiger partial charge in [-0.25, -0.2) is 0 Å². The third kappa shape index (κ3) is 2.19. The predicted octanol–water partition coefficient (Wildman–Crippen LogP) is 2.78. The number of methoxy groups -OCH3 is 1. The van der Waals surface area contributed by atoms with Gasteiger partial charge in [0.05, 0.1) is 12.7 Å². The van der Waals surface area contributed by atoms with Gasteiger partial charge < -0.3 is 14.7 Å². The molecule has 3 heteroatoms. The number of anilines is 1. The highest BCUT2D eigenvalue weighted by Crippen LogP contribution is 2.44. The van der Waals surface area contributed by atoms with Crippen molar-refractivity contribution in [2.75, 3.05) is 18.6 Å². The van der Waals surface area contributed by atoms with Crippen LogP contribution in [0.15, 0.2) is 18.2 Å². The Morgan fingerprint density at radius 2 is 2.06 bits per heavy atom. The molecule has 18 heavy (non-hydrogen) atoms. The topological polar surface area (TPSA) is 32.7 Å². The summed E-state index contributed by atoms with van der Waals surface area (Å²) in [5.74, 6) is 0.985. The van der Waals surface area contributed by atoms with E-state index in [9.17, 15) is 5.11 Å². The summed E-state index contributed by atoms with van der Waals surface area (Å²) in [4.78, 5) is 2.34. The van der Waals surface area contributed by atoms with Crippen LogP contribution in [0.2, 0.25) is 0 Å². The lowest BCUT2D eigenvalue weighted by Gasteiger charge is -2.28. The van der Waals surface area contributed by atoms with Crippen LogP contribution < -0.4 is 9.64 Å². The van der Waals surface area contributed by atoms with E-state index in [4.69, 9.17) is 4.74 Å². The van der Waals surface area contributed by atoms with Crippen LogP contribution in [0.5, 0.6) is 5.75 Å². The van der Waals surface area contributed by atoms with Crippen LogP contribution in [-0.2, 0) is 0 Å². The van der Waals surface area contributed by atoms with Gasteiger partial charge in [-0.3, -0.25) is 0 Å². The Balaban J connectivity index is 2.48. The maximum atomic E-state index is 10.4. The average Bonchev–Trinajstić information content (AvgIpc) is 2.66. The minimum absolute atomic E-state index is 0.130. The molecule has 0 fully saturated rings. The van der Waals surface area contributed by atoms with Crippen molar-refractivity contribution >= 4 is 5.69 Å². The van der Waals surface area contributed by atoms with Crippen LogP contribution in [0, 0.1) is 0 Å². The Labute approximate surface area is 109 Å². The number of ether oxygens (including phenoxy) is 1. The van der Waals surface area contributed by atoms with Crippen molar-refractivity contribution in [3.8, 4) is 5.75 Å². The molecule has 1 atom stereocenters. The largest absolute Gasteiger partial charge is 0.497 e. The summed E-state index contributed by atoms with van der Waals surface area (Å²) < 4.78 is 5.30. The van der Waals surface area contributed by atoms with E-state index in [0.29, 0.717) is 6.04 Å². The van der Waals surface area contributed by atoms with Crippen molar-refractivity contribution in [1.82, 2.24) is 0 Å². The van der Waals surface area contributed by atoms with E-state index in [1.165, 1.54) is 11.3 Å². The predicted molar refractivity (Wildman–Crippen MR) is 74.5 cm³/mol. The maximum Gasteiger partial charge on any atom is 0.119 e. The summed E-state index contributed by atoms with van der Waals surface area (Å²) in [6.07, 6.45) is 0. The zero-order chi connectivity index (χ0) is 13.5. The van der Waals surface area contributed by atoms with Crippen molar-refractivity contribution in [2.24, 2.45) is 0 Å². The van der Waals surface area contributed by atoms with Gasteiger partial charge in [0, 0.05) is 24.2 Å². The second-order valence-electron chi connectivity index (χ2n) is 5.88. The highest BCUT2D eigenvalue weighted by Gasteiger charge is 2.38. The quantitative estimate of drug-likeness (QED) is 0.894. The first-order valence-corrected chi connectivity index (χ1v) is 6.51. The maximum absolute atomic E-state index is 10.4. The molecule has 100 valence electrons. The first-order chi connectivity index (χ1) is 8.34. The van der Waals surface area contributed by atoms with E-state index in [1.54, 1.807) is 7.11 Å². The zero-order valence-electron chi connectivity index (χ0n) is 11.9. The van der Waals surface area contributed by atoms with Gasteiger partial charge in [0.1, 0.15) is 5.75 Å². The molecule has 3 nitrogen and oxygen atoms in total. The number of fused-ring (bicyclic) bond motifs is 1. The van der Waals surface area contributed by atoms with E-state index in [1.807, 2.05) is 19.9 Å². The van der Waals surface area contributed by atoms with Crippen molar-refractivity contribution in [3.63, 3.8) is 0 Å². The molecule has 0 amide bonds. The van der Waals surface area contributed by atoms with E-state index in [0.717, 1.165) is 12.3 Å². The number of benzene rings is 1. The number of hydrogen-bond donors (Lipinski definition) is 1. The normalized spacial score (nSPS) is 19.3. The van der Waals surface area contributed by atoms with Gasteiger partial charge >= 0.3 is 0 Å². The van der Waals surface area contributed by atoms with Gasteiger partial charge in [0.2, 0.25) is 0 Å². The van der Waals surface area contributed by atoms with Gasteiger partial charge in [-0.05, 0) is 51.5 Å². The summed E-state index contributed by atoms with van der Waals surface area (Å²) in [5.41, 5.74) is 1.69. The van der Waals surface area contributed by atoms with Crippen LogP contribution in [0.3, 0.4) is 0 Å². The third-order valence-corrected chi connectivity index (χ3v) is 3.77. The van der Waals surface area contributed by atoms with Crippen molar-refractivity contribution in [2.45, 2.75) is 45.3 Å². The molecule has 1 N–H and O–H groups in total. The SMILES string of the molecule is COc1ccc2c(c1)C(C(C)(C)O)CN2C(C)C. The molecule has 0 saturated carbocycles. The standard InChI is InChI=1S/C15H23NO2/c1-10(2)16-9-13(15(3,4)17)12-8-11(18-5)6-7-14(12)16/h6-8,10,13,17H,9H2,1-5H3. The summed E-state index contributed by atoms with van der Waals surface area (Å²) in [6.45, 7) is 8.99. The fraction of sp³-hybridized carbons (Fsp3) is 0.600. The Morgan fingerprint density at radius 3 is 2.56 bits per heavy atom. The van der Waals surface area contributed by atoms with E-state index < -0.39 is 5.60 Å². The molecule has 0 saturated heterocycles. The number of rotatable bonds is 3. The Morgan fingerprint density at radius 1 is 1.39 bits per heavy atom. The van der Waals surface area contributed by atoms with Crippen LogP contribution in [0.1, 0.15) is 39.2 Å². The highest BCUT2D eigenvalue weighted by molar-refractivity contribution is 5.63. The molecule has 1 aromatic carbocycles. The van der Waals surface area contributed by atoms with Crippen LogP contribution in [-0.4, -0.2) is 30.4 Å². The fourth-order valence-corrected chi connectivity index (χ4v) is 2.69. The average molecular weight is 249 g/mol. The molecule has 1 aromatic rings. The molecule has 0 aromatic heterocycles. The Kier molecular flexibility index (Phi) is 3.28. The lowest BCUT2D eigenvalue weighted by molar-refractivity contribution is 0.0545.